The number of rotatable bonds is 6. The molecule has 12 heteroatoms. The van der Waals surface area contributed by atoms with Gasteiger partial charge in [0, 0.05) is 37.4 Å². The number of cyclic esters (lactones) is 1. The summed E-state index contributed by atoms with van der Waals surface area (Å²) in [6, 6.07) is 8.72. The standard InChI is InChI=1S/C24H23FN6O5/c1-34-21-5-3-17-22(29-21)23(16(25)8-27-17)30-9-13(10-30)26-7-15-11-31(24(33)36-15)14-2-4-19-18(6-14)28-20(32)12-35-19/h2-6,8,13,15,26H,7,9-12H2,1H3,(H,28,32)/t15-/m1/s1. The number of nitrogens with zero attached hydrogens (tertiary/aromatic N) is 4. The van der Waals surface area contributed by atoms with Crippen molar-refractivity contribution < 1.29 is 28.2 Å². The number of benzene rings is 1. The van der Waals surface area contributed by atoms with Gasteiger partial charge >= 0.3 is 6.09 Å². The molecule has 3 aromatic rings. The Kier molecular flexibility index (Phi) is 5.44. The smallest absolute Gasteiger partial charge is 0.414 e. The third-order valence-electron chi connectivity index (χ3n) is 6.44. The molecule has 0 bridgehead atoms. The molecule has 5 heterocycles. The minimum atomic E-state index is -0.453. The third-order valence-corrected chi connectivity index (χ3v) is 6.44. The van der Waals surface area contributed by atoms with Gasteiger partial charge in [-0.25, -0.2) is 14.2 Å². The summed E-state index contributed by atoms with van der Waals surface area (Å²) in [6.07, 6.45) is 0.403. The molecule has 3 aliphatic heterocycles. The van der Waals surface area contributed by atoms with Gasteiger partial charge in [0.15, 0.2) is 12.4 Å². The largest absolute Gasteiger partial charge is 0.482 e. The monoisotopic (exact) mass is 494 g/mol. The van der Waals surface area contributed by atoms with E-state index in [1.807, 2.05) is 4.90 Å². The zero-order valence-corrected chi connectivity index (χ0v) is 19.4. The molecule has 2 fully saturated rings. The number of carbonyl (C=O) groups excluding carboxylic acids is 2. The number of ether oxygens (including phenoxy) is 3. The lowest BCUT2D eigenvalue weighted by molar-refractivity contribution is -0.118. The molecule has 1 atom stereocenters. The van der Waals surface area contributed by atoms with E-state index in [4.69, 9.17) is 14.2 Å². The zero-order chi connectivity index (χ0) is 24.8. The van der Waals surface area contributed by atoms with Crippen molar-refractivity contribution in [1.29, 1.82) is 0 Å². The van der Waals surface area contributed by atoms with Crippen LogP contribution in [0.4, 0.5) is 26.2 Å². The second-order valence-corrected chi connectivity index (χ2v) is 8.82. The van der Waals surface area contributed by atoms with Crippen LogP contribution >= 0.6 is 0 Å². The van der Waals surface area contributed by atoms with E-state index in [2.05, 4.69) is 20.6 Å². The average molecular weight is 494 g/mol. The number of aromatic nitrogens is 2. The Morgan fingerprint density at radius 2 is 2.08 bits per heavy atom. The van der Waals surface area contributed by atoms with E-state index in [1.54, 1.807) is 30.3 Å². The van der Waals surface area contributed by atoms with Crippen LogP contribution in [0.5, 0.6) is 11.6 Å². The van der Waals surface area contributed by atoms with Crippen molar-refractivity contribution in [3.8, 4) is 11.6 Å². The Morgan fingerprint density at radius 3 is 2.92 bits per heavy atom. The lowest BCUT2D eigenvalue weighted by Crippen LogP contribution is -2.59. The number of fused-ring (bicyclic) bond motifs is 2. The number of pyridine rings is 2. The molecule has 0 saturated carbocycles. The molecule has 3 aliphatic rings. The van der Waals surface area contributed by atoms with Gasteiger partial charge in [-0.1, -0.05) is 0 Å². The van der Waals surface area contributed by atoms with Gasteiger partial charge in [-0.2, -0.15) is 0 Å². The van der Waals surface area contributed by atoms with E-state index in [9.17, 15) is 14.0 Å². The van der Waals surface area contributed by atoms with Gasteiger partial charge in [0.25, 0.3) is 5.91 Å². The second-order valence-electron chi connectivity index (χ2n) is 8.82. The van der Waals surface area contributed by atoms with Gasteiger partial charge in [-0.05, 0) is 24.3 Å². The van der Waals surface area contributed by atoms with Crippen molar-refractivity contribution in [1.82, 2.24) is 15.3 Å². The molecule has 0 spiro atoms. The van der Waals surface area contributed by atoms with Crippen LogP contribution in [0.1, 0.15) is 0 Å². The van der Waals surface area contributed by atoms with Crippen LogP contribution in [0.25, 0.3) is 11.0 Å². The highest BCUT2D eigenvalue weighted by Crippen LogP contribution is 2.34. The minimum absolute atomic E-state index is 0.0286. The molecule has 0 radical (unpaired) electrons. The lowest BCUT2D eigenvalue weighted by atomic mass is 10.1. The van der Waals surface area contributed by atoms with E-state index in [0.29, 0.717) is 65.9 Å². The first kappa shape index (κ1) is 22.3. The van der Waals surface area contributed by atoms with Crippen LogP contribution in [0, 0.1) is 5.82 Å². The van der Waals surface area contributed by atoms with E-state index in [1.165, 1.54) is 18.2 Å². The normalized spacial score (nSPS) is 19.4. The summed E-state index contributed by atoms with van der Waals surface area (Å²) in [6.45, 7) is 1.94. The summed E-state index contributed by atoms with van der Waals surface area (Å²) in [7, 11) is 1.51. The number of nitrogens with one attached hydrogen (secondary N) is 2. The van der Waals surface area contributed by atoms with E-state index >= 15 is 0 Å². The lowest BCUT2D eigenvalue weighted by Gasteiger charge is -2.42. The maximum atomic E-state index is 14.7. The number of amides is 2. The zero-order valence-electron chi connectivity index (χ0n) is 19.4. The van der Waals surface area contributed by atoms with Crippen molar-refractivity contribution >= 4 is 40.1 Å². The molecule has 0 aliphatic carbocycles. The molecule has 1 aromatic carbocycles. The number of anilines is 3. The minimum Gasteiger partial charge on any atom is -0.482 e. The third kappa shape index (κ3) is 3.98. The highest BCUT2D eigenvalue weighted by atomic mass is 19.1. The Bertz CT molecular complexity index is 1360. The Hall–Kier alpha value is -4.19. The van der Waals surface area contributed by atoms with Crippen molar-refractivity contribution in [3.63, 3.8) is 0 Å². The van der Waals surface area contributed by atoms with Crippen LogP contribution in [0.2, 0.25) is 0 Å². The number of carbonyl (C=O) groups is 2. The fourth-order valence-corrected chi connectivity index (χ4v) is 4.59. The molecule has 2 N–H and O–H groups in total. The first-order valence-corrected chi connectivity index (χ1v) is 11.5. The Balaban J connectivity index is 1.07. The summed E-state index contributed by atoms with van der Waals surface area (Å²) in [5.74, 6) is 0.280. The summed E-state index contributed by atoms with van der Waals surface area (Å²) < 4.78 is 30.7. The number of hydrogen-bond donors (Lipinski definition) is 2. The highest BCUT2D eigenvalue weighted by Gasteiger charge is 2.36. The van der Waals surface area contributed by atoms with Crippen molar-refractivity contribution in [2.24, 2.45) is 0 Å². The molecule has 6 rings (SSSR count). The molecule has 11 nitrogen and oxygen atoms in total. The SMILES string of the molecule is COc1ccc2ncc(F)c(N3CC(NC[C@@H]4CN(c5ccc6c(c5)NC(=O)CO6)C(=O)O4)C3)c2n1. The predicted molar refractivity (Wildman–Crippen MR) is 128 cm³/mol. The van der Waals surface area contributed by atoms with Crippen molar-refractivity contribution in [2.45, 2.75) is 12.1 Å². The fourth-order valence-electron chi connectivity index (χ4n) is 4.59. The molecule has 2 saturated heterocycles. The number of halogens is 1. The van der Waals surface area contributed by atoms with E-state index in [-0.39, 0.29) is 24.7 Å². The predicted octanol–water partition coefficient (Wildman–Crippen LogP) is 1.91. The van der Waals surface area contributed by atoms with Gasteiger partial charge in [0.1, 0.15) is 23.1 Å². The maximum absolute atomic E-state index is 14.7. The molecule has 0 unspecified atom stereocenters. The van der Waals surface area contributed by atoms with Crippen LogP contribution in [-0.2, 0) is 9.53 Å². The maximum Gasteiger partial charge on any atom is 0.414 e. The highest BCUT2D eigenvalue weighted by molar-refractivity contribution is 5.97. The van der Waals surface area contributed by atoms with E-state index < -0.39 is 11.9 Å². The Labute approximate surface area is 205 Å². The van der Waals surface area contributed by atoms with Gasteiger partial charge in [0.2, 0.25) is 5.88 Å². The van der Waals surface area contributed by atoms with Crippen LogP contribution in [0.3, 0.4) is 0 Å². The van der Waals surface area contributed by atoms with Crippen molar-refractivity contribution in [2.75, 3.05) is 55.0 Å². The summed E-state index contributed by atoms with van der Waals surface area (Å²) in [5, 5.41) is 6.14. The number of methoxy groups -OCH3 is 1. The number of hydrogen-bond acceptors (Lipinski definition) is 9. The van der Waals surface area contributed by atoms with Gasteiger partial charge in [0.05, 0.1) is 31.1 Å². The summed E-state index contributed by atoms with van der Waals surface area (Å²) >= 11 is 0. The first-order chi connectivity index (χ1) is 17.5. The van der Waals surface area contributed by atoms with Gasteiger partial charge < -0.3 is 29.7 Å². The molecular formula is C24H23FN6O5. The summed E-state index contributed by atoms with van der Waals surface area (Å²) in [5.41, 5.74) is 2.59. The van der Waals surface area contributed by atoms with Crippen molar-refractivity contribution in [3.05, 3.63) is 42.3 Å². The Morgan fingerprint density at radius 1 is 1.22 bits per heavy atom. The van der Waals surface area contributed by atoms with Gasteiger partial charge in [-0.3, -0.25) is 14.7 Å². The summed E-state index contributed by atoms with van der Waals surface area (Å²) in [4.78, 5) is 36.0. The van der Waals surface area contributed by atoms with Crippen LogP contribution in [0.15, 0.2) is 36.5 Å². The average Bonchev–Trinajstić information content (AvgIpc) is 3.23. The fraction of sp³-hybridized carbons (Fsp3) is 0.333. The second kappa shape index (κ2) is 8.79. The molecular weight excluding hydrogens is 471 g/mol. The molecule has 186 valence electrons. The van der Waals surface area contributed by atoms with Crippen LogP contribution in [-0.4, -0.2) is 74.0 Å². The first-order valence-electron chi connectivity index (χ1n) is 11.5. The topological polar surface area (TPSA) is 118 Å². The quantitative estimate of drug-likeness (QED) is 0.530. The molecule has 36 heavy (non-hydrogen) atoms. The molecule has 2 aromatic heterocycles. The molecule has 2 amide bonds. The van der Waals surface area contributed by atoms with E-state index in [0.717, 1.165) is 0 Å². The van der Waals surface area contributed by atoms with Crippen LogP contribution < -0.4 is 29.9 Å². The van der Waals surface area contributed by atoms with Gasteiger partial charge in [-0.15, -0.1) is 0 Å².